The predicted octanol–water partition coefficient (Wildman–Crippen LogP) is 3.85. The van der Waals surface area contributed by atoms with Crippen LogP contribution in [0, 0.1) is 0 Å². The van der Waals surface area contributed by atoms with E-state index in [1.807, 2.05) is 72.9 Å². The number of allylic oxidation sites excluding steroid dienone is 14. The van der Waals surface area contributed by atoms with E-state index in [0.717, 1.165) is 0 Å². The van der Waals surface area contributed by atoms with Crippen molar-refractivity contribution in [3.05, 3.63) is 85.1 Å². The van der Waals surface area contributed by atoms with Crippen LogP contribution in [0.2, 0.25) is 0 Å². The molecule has 0 unspecified atom stereocenters. The second-order valence-electron chi connectivity index (χ2n) is 3.38. The maximum atomic E-state index is 11.3. The number of hydrogen-bond donors (Lipinski definition) is 0. The first-order valence-electron chi connectivity index (χ1n) is 5.59. The Labute approximate surface area is 103 Å². The lowest BCUT2D eigenvalue weighted by molar-refractivity contribution is -0.113. The van der Waals surface area contributed by atoms with Crippen LogP contribution in [-0.4, -0.2) is 5.78 Å². The van der Waals surface area contributed by atoms with Crippen molar-refractivity contribution >= 4 is 5.78 Å². The third-order valence-corrected chi connectivity index (χ3v) is 1.96. The fourth-order valence-electron chi connectivity index (χ4n) is 1.14. The molecule has 17 heavy (non-hydrogen) atoms. The van der Waals surface area contributed by atoms with E-state index in [1.165, 1.54) is 0 Å². The van der Waals surface area contributed by atoms with Gasteiger partial charge in [-0.2, -0.15) is 0 Å². The predicted molar refractivity (Wildman–Crippen MR) is 73.6 cm³/mol. The van der Waals surface area contributed by atoms with Crippen LogP contribution >= 0.6 is 0 Å². The van der Waals surface area contributed by atoms with Gasteiger partial charge in [-0.3, -0.25) is 4.79 Å². The van der Waals surface area contributed by atoms with Crippen molar-refractivity contribution in [3.63, 3.8) is 0 Å². The highest BCUT2D eigenvalue weighted by Crippen LogP contribution is 1.92. The van der Waals surface area contributed by atoms with E-state index in [4.69, 9.17) is 0 Å². The van der Waals surface area contributed by atoms with Gasteiger partial charge in [0.05, 0.1) is 0 Å². The molecule has 1 nitrogen and oxygen atoms in total. The number of ketones is 1. The minimum Gasteiger partial charge on any atom is -0.295 e. The fourth-order valence-corrected chi connectivity index (χ4v) is 1.14. The highest BCUT2D eigenvalue weighted by Gasteiger charge is 1.88. The standard InChI is InChI=1S/C16H16O/c17-16-14-12-10-8-6-4-2-1-3-5-7-9-11-13-15-16/h1-14H,15H2/b2-1-,5-3-,6-4-,9-7-,10-8-,13-11-,14-12-. The summed E-state index contributed by atoms with van der Waals surface area (Å²) < 4.78 is 0. The summed E-state index contributed by atoms with van der Waals surface area (Å²) in [5, 5.41) is 0. The fraction of sp³-hybridized carbons (Fsp3) is 0.0625. The zero-order valence-corrected chi connectivity index (χ0v) is 9.70. The Morgan fingerprint density at radius 3 is 1.53 bits per heavy atom. The van der Waals surface area contributed by atoms with Crippen LogP contribution in [0.5, 0.6) is 0 Å². The molecule has 0 spiro atoms. The van der Waals surface area contributed by atoms with E-state index < -0.39 is 0 Å². The van der Waals surface area contributed by atoms with Gasteiger partial charge in [-0.25, -0.2) is 0 Å². The zero-order valence-electron chi connectivity index (χ0n) is 9.70. The molecule has 0 N–H and O–H groups in total. The Bertz CT molecular complexity index is 426. The molecule has 1 rings (SSSR count). The SMILES string of the molecule is O=C1\C=C/C=C\C=C/C=C\C=C/C=C\C=C/C1. The molecular weight excluding hydrogens is 208 g/mol. The van der Waals surface area contributed by atoms with Crippen molar-refractivity contribution in [1.82, 2.24) is 0 Å². The highest BCUT2D eigenvalue weighted by molar-refractivity contribution is 5.90. The Morgan fingerprint density at radius 2 is 1.00 bits per heavy atom. The molecule has 1 aliphatic carbocycles. The van der Waals surface area contributed by atoms with Gasteiger partial charge in [0, 0.05) is 6.42 Å². The van der Waals surface area contributed by atoms with Crippen LogP contribution in [0.1, 0.15) is 6.42 Å². The molecule has 1 aliphatic rings. The Hall–Kier alpha value is -2.15. The molecule has 1 heteroatoms. The third-order valence-electron chi connectivity index (χ3n) is 1.96. The van der Waals surface area contributed by atoms with E-state index in [1.54, 1.807) is 12.2 Å². The summed E-state index contributed by atoms with van der Waals surface area (Å²) in [6, 6.07) is 0. The first-order valence-corrected chi connectivity index (χ1v) is 5.59. The summed E-state index contributed by atoms with van der Waals surface area (Å²) in [6.45, 7) is 0. The summed E-state index contributed by atoms with van der Waals surface area (Å²) in [7, 11) is 0. The van der Waals surface area contributed by atoms with E-state index in [9.17, 15) is 4.79 Å². The largest absolute Gasteiger partial charge is 0.295 e. The molecule has 0 saturated heterocycles. The summed E-state index contributed by atoms with van der Waals surface area (Å²) in [4.78, 5) is 11.3. The molecule has 0 saturated carbocycles. The van der Waals surface area contributed by atoms with Crippen LogP contribution in [0.15, 0.2) is 85.1 Å². The summed E-state index contributed by atoms with van der Waals surface area (Å²) in [5.41, 5.74) is 0. The molecular formula is C16H16O. The smallest absolute Gasteiger partial charge is 0.159 e. The Balaban J connectivity index is 2.70. The first-order chi connectivity index (χ1) is 8.39. The Morgan fingerprint density at radius 1 is 0.588 bits per heavy atom. The second kappa shape index (κ2) is 9.10. The van der Waals surface area contributed by atoms with Gasteiger partial charge in [0.25, 0.3) is 0 Å². The second-order valence-corrected chi connectivity index (χ2v) is 3.38. The van der Waals surface area contributed by atoms with Crippen molar-refractivity contribution in [2.24, 2.45) is 0 Å². The topological polar surface area (TPSA) is 17.1 Å². The van der Waals surface area contributed by atoms with Gasteiger partial charge in [0.2, 0.25) is 0 Å². The molecule has 0 aromatic rings. The summed E-state index contributed by atoms with van der Waals surface area (Å²) in [6.07, 6.45) is 26.7. The minimum atomic E-state index is 0.103. The van der Waals surface area contributed by atoms with Crippen LogP contribution < -0.4 is 0 Å². The summed E-state index contributed by atoms with van der Waals surface area (Å²) >= 11 is 0. The lowest BCUT2D eigenvalue weighted by atomic mass is 10.2. The van der Waals surface area contributed by atoms with Crippen LogP contribution in [0.25, 0.3) is 0 Å². The molecule has 0 aliphatic heterocycles. The molecule has 0 amide bonds. The molecule has 0 heterocycles. The van der Waals surface area contributed by atoms with Crippen LogP contribution in [0.3, 0.4) is 0 Å². The van der Waals surface area contributed by atoms with E-state index in [2.05, 4.69) is 0 Å². The molecule has 86 valence electrons. The average Bonchev–Trinajstić information content (AvgIpc) is 2.32. The van der Waals surface area contributed by atoms with Crippen molar-refractivity contribution in [1.29, 1.82) is 0 Å². The monoisotopic (exact) mass is 224 g/mol. The quantitative estimate of drug-likeness (QED) is 0.610. The minimum absolute atomic E-state index is 0.103. The molecule has 0 fully saturated rings. The first kappa shape index (κ1) is 12.9. The van der Waals surface area contributed by atoms with Crippen molar-refractivity contribution in [2.45, 2.75) is 6.42 Å². The van der Waals surface area contributed by atoms with Crippen molar-refractivity contribution in [2.75, 3.05) is 0 Å². The maximum absolute atomic E-state index is 11.3. The van der Waals surface area contributed by atoms with Gasteiger partial charge in [-0.1, -0.05) is 79.0 Å². The average molecular weight is 224 g/mol. The zero-order chi connectivity index (χ0) is 12.2. The molecule has 0 atom stereocenters. The maximum Gasteiger partial charge on any atom is 0.159 e. The lowest BCUT2D eigenvalue weighted by Crippen LogP contribution is -1.87. The normalized spacial score (nSPS) is 30.0. The van der Waals surface area contributed by atoms with Gasteiger partial charge in [0.1, 0.15) is 0 Å². The van der Waals surface area contributed by atoms with Gasteiger partial charge >= 0.3 is 0 Å². The Kier molecular flexibility index (Phi) is 6.92. The number of carbonyl (C=O) groups is 1. The molecule has 0 bridgehead atoms. The van der Waals surface area contributed by atoms with Gasteiger partial charge in [-0.05, 0) is 6.08 Å². The van der Waals surface area contributed by atoms with Crippen LogP contribution in [-0.2, 0) is 4.79 Å². The molecule has 0 radical (unpaired) electrons. The van der Waals surface area contributed by atoms with Gasteiger partial charge in [-0.15, -0.1) is 0 Å². The van der Waals surface area contributed by atoms with Gasteiger partial charge in [0.15, 0.2) is 5.78 Å². The van der Waals surface area contributed by atoms with Crippen molar-refractivity contribution < 1.29 is 4.79 Å². The van der Waals surface area contributed by atoms with Crippen molar-refractivity contribution in [3.8, 4) is 0 Å². The highest BCUT2D eigenvalue weighted by atomic mass is 16.1. The molecule has 0 aromatic carbocycles. The van der Waals surface area contributed by atoms with Gasteiger partial charge < -0.3 is 0 Å². The summed E-state index contributed by atoms with van der Waals surface area (Å²) in [5.74, 6) is 0.103. The van der Waals surface area contributed by atoms with E-state index in [-0.39, 0.29) is 5.78 Å². The lowest BCUT2D eigenvalue weighted by Gasteiger charge is -1.84. The number of rotatable bonds is 0. The van der Waals surface area contributed by atoms with E-state index in [0.29, 0.717) is 6.42 Å². The number of carbonyl (C=O) groups excluding carboxylic acids is 1. The van der Waals surface area contributed by atoms with E-state index >= 15 is 0 Å². The number of hydrogen-bond acceptors (Lipinski definition) is 1. The van der Waals surface area contributed by atoms with Crippen LogP contribution in [0.4, 0.5) is 0 Å². The molecule has 0 aromatic heterocycles. The third kappa shape index (κ3) is 7.74.